The summed E-state index contributed by atoms with van der Waals surface area (Å²) in [6.07, 6.45) is 8.16. The summed E-state index contributed by atoms with van der Waals surface area (Å²) in [7, 11) is 0. The van der Waals surface area contributed by atoms with Gasteiger partial charge in [-0.05, 0) is 52.4 Å². The lowest BCUT2D eigenvalue weighted by Crippen LogP contribution is -2.22. The third-order valence-corrected chi connectivity index (χ3v) is 3.30. The lowest BCUT2D eigenvalue weighted by molar-refractivity contribution is 0.145. The molecular weight excluding hydrogens is 208 g/mol. The van der Waals surface area contributed by atoms with Crippen molar-refractivity contribution in [3.8, 4) is 0 Å². The van der Waals surface area contributed by atoms with E-state index in [2.05, 4.69) is 33.6 Å². The fourth-order valence-corrected chi connectivity index (χ4v) is 2.04. The van der Waals surface area contributed by atoms with Crippen LogP contribution in [0.1, 0.15) is 52.4 Å². The Labute approximate surface area is 107 Å². The average Bonchev–Trinajstić information content (AvgIpc) is 2.26. The second-order valence-corrected chi connectivity index (χ2v) is 5.35. The first-order valence-electron chi connectivity index (χ1n) is 6.49. The molecule has 0 unspecified atom stereocenters. The van der Waals surface area contributed by atoms with E-state index in [9.17, 15) is 5.11 Å². The molecule has 98 valence electrons. The Morgan fingerprint density at radius 3 is 1.71 bits per heavy atom. The summed E-state index contributed by atoms with van der Waals surface area (Å²) >= 11 is 0. The molecule has 0 fully saturated rings. The van der Waals surface area contributed by atoms with Crippen LogP contribution in [0.4, 0.5) is 0 Å². The van der Waals surface area contributed by atoms with Gasteiger partial charge < -0.3 is 5.11 Å². The smallest absolute Gasteiger partial charge is 0.0521 e. The Kier molecular flexibility index (Phi) is 7.90. The number of rotatable bonds is 10. The molecule has 0 amide bonds. The second-order valence-electron chi connectivity index (χ2n) is 5.35. The number of aliphatic hydroxyl groups excluding tert-OH is 1. The molecule has 0 aromatic heterocycles. The minimum Gasteiger partial charge on any atom is -0.395 e. The third-order valence-electron chi connectivity index (χ3n) is 3.30. The first-order chi connectivity index (χ1) is 7.95. The predicted octanol–water partition coefficient (Wildman–Crippen LogP) is 4.64. The third kappa shape index (κ3) is 7.17. The average molecular weight is 236 g/mol. The van der Waals surface area contributed by atoms with E-state index >= 15 is 0 Å². The van der Waals surface area contributed by atoms with Gasteiger partial charge in [-0.3, -0.25) is 0 Å². The molecule has 0 heterocycles. The Balaban J connectivity index is 4.19. The summed E-state index contributed by atoms with van der Waals surface area (Å²) in [6.45, 7) is 16.0. The highest BCUT2D eigenvalue weighted by atomic mass is 16.3. The molecule has 0 aromatic rings. The standard InChI is InChI=1S/C16H28O/c1-6-16(13-17,11-7-9-14(2)3)12-8-10-15(4)5/h6,17H,1-2,4,7-13H2,3,5H3. The van der Waals surface area contributed by atoms with Crippen molar-refractivity contribution in [3.05, 3.63) is 37.0 Å². The van der Waals surface area contributed by atoms with Crippen LogP contribution in [0.3, 0.4) is 0 Å². The van der Waals surface area contributed by atoms with E-state index in [0.29, 0.717) is 0 Å². The van der Waals surface area contributed by atoms with Crippen LogP contribution in [0.2, 0.25) is 0 Å². The van der Waals surface area contributed by atoms with Gasteiger partial charge in [-0.2, -0.15) is 0 Å². The quantitative estimate of drug-likeness (QED) is 0.548. The molecule has 0 saturated carbocycles. The van der Waals surface area contributed by atoms with E-state index in [1.54, 1.807) is 0 Å². The molecule has 0 atom stereocenters. The lowest BCUT2D eigenvalue weighted by Gasteiger charge is -2.28. The van der Waals surface area contributed by atoms with Gasteiger partial charge in [0.15, 0.2) is 0 Å². The van der Waals surface area contributed by atoms with Gasteiger partial charge in [0.1, 0.15) is 0 Å². The SMILES string of the molecule is C=CC(CO)(CCCC(=C)C)CCCC(=C)C. The van der Waals surface area contributed by atoms with Gasteiger partial charge in [0.05, 0.1) is 6.61 Å². The molecule has 0 aliphatic carbocycles. The maximum Gasteiger partial charge on any atom is 0.0521 e. The van der Waals surface area contributed by atoms with Crippen LogP contribution < -0.4 is 0 Å². The van der Waals surface area contributed by atoms with Crippen LogP contribution in [-0.4, -0.2) is 11.7 Å². The van der Waals surface area contributed by atoms with Crippen LogP contribution in [0.5, 0.6) is 0 Å². The van der Waals surface area contributed by atoms with Crippen molar-refractivity contribution >= 4 is 0 Å². The number of aliphatic hydroxyl groups is 1. The largest absolute Gasteiger partial charge is 0.395 e. The van der Waals surface area contributed by atoms with Gasteiger partial charge >= 0.3 is 0 Å². The maximum atomic E-state index is 9.59. The van der Waals surface area contributed by atoms with E-state index in [-0.39, 0.29) is 12.0 Å². The summed E-state index contributed by atoms with van der Waals surface area (Å²) in [5, 5.41) is 9.59. The van der Waals surface area contributed by atoms with Crippen LogP contribution >= 0.6 is 0 Å². The van der Waals surface area contributed by atoms with Crippen LogP contribution in [0, 0.1) is 5.41 Å². The Bertz CT molecular complexity index is 243. The van der Waals surface area contributed by atoms with Gasteiger partial charge in [0.25, 0.3) is 0 Å². The molecule has 0 aromatic carbocycles. The fourth-order valence-electron chi connectivity index (χ4n) is 2.04. The molecule has 1 N–H and O–H groups in total. The molecule has 0 rings (SSSR count). The van der Waals surface area contributed by atoms with Gasteiger partial charge in [-0.25, -0.2) is 0 Å². The highest BCUT2D eigenvalue weighted by Crippen LogP contribution is 2.32. The summed E-state index contributed by atoms with van der Waals surface area (Å²) in [6, 6.07) is 0. The number of hydrogen-bond acceptors (Lipinski definition) is 1. The van der Waals surface area contributed by atoms with E-state index in [1.165, 1.54) is 11.1 Å². The molecule has 17 heavy (non-hydrogen) atoms. The minimum absolute atomic E-state index is 0.106. The molecule has 1 heteroatoms. The van der Waals surface area contributed by atoms with Crippen molar-refractivity contribution in [1.29, 1.82) is 0 Å². The molecular formula is C16H28O. The molecule has 1 nitrogen and oxygen atoms in total. The van der Waals surface area contributed by atoms with E-state index in [4.69, 9.17) is 0 Å². The first kappa shape index (κ1) is 16.2. The molecule has 0 spiro atoms. The van der Waals surface area contributed by atoms with Gasteiger partial charge in [0, 0.05) is 5.41 Å². The van der Waals surface area contributed by atoms with Gasteiger partial charge in [-0.1, -0.05) is 17.2 Å². The zero-order valence-electron chi connectivity index (χ0n) is 11.6. The van der Waals surface area contributed by atoms with Crippen molar-refractivity contribution in [3.63, 3.8) is 0 Å². The van der Waals surface area contributed by atoms with Crippen LogP contribution in [0.15, 0.2) is 37.0 Å². The zero-order valence-corrected chi connectivity index (χ0v) is 11.6. The summed E-state index contributed by atoms with van der Waals surface area (Å²) < 4.78 is 0. The second kappa shape index (κ2) is 8.30. The molecule has 0 aliphatic rings. The highest BCUT2D eigenvalue weighted by Gasteiger charge is 2.24. The number of hydrogen-bond donors (Lipinski definition) is 1. The lowest BCUT2D eigenvalue weighted by atomic mass is 9.78. The highest BCUT2D eigenvalue weighted by molar-refractivity contribution is 4.97. The monoisotopic (exact) mass is 236 g/mol. The van der Waals surface area contributed by atoms with E-state index in [1.807, 2.05) is 6.08 Å². The Morgan fingerprint density at radius 2 is 1.47 bits per heavy atom. The van der Waals surface area contributed by atoms with Gasteiger partial charge in [0.2, 0.25) is 0 Å². The van der Waals surface area contributed by atoms with Crippen molar-refractivity contribution < 1.29 is 5.11 Å². The van der Waals surface area contributed by atoms with Crippen molar-refractivity contribution in [2.75, 3.05) is 6.61 Å². The molecule has 0 aliphatic heterocycles. The Morgan fingerprint density at radius 1 is 1.06 bits per heavy atom. The summed E-state index contributed by atoms with van der Waals surface area (Å²) in [4.78, 5) is 0. The molecule has 0 saturated heterocycles. The zero-order chi connectivity index (χ0) is 13.3. The van der Waals surface area contributed by atoms with Crippen LogP contribution in [0.25, 0.3) is 0 Å². The normalized spacial score (nSPS) is 11.2. The first-order valence-corrected chi connectivity index (χ1v) is 6.49. The summed E-state index contributed by atoms with van der Waals surface area (Å²) in [5.74, 6) is 0. The minimum atomic E-state index is -0.106. The topological polar surface area (TPSA) is 20.2 Å². The van der Waals surface area contributed by atoms with Gasteiger partial charge in [-0.15, -0.1) is 19.7 Å². The number of allylic oxidation sites excluding steroid dienone is 2. The van der Waals surface area contributed by atoms with Crippen molar-refractivity contribution in [2.45, 2.75) is 52.4 Å². The summed E-state index contributed by atoms with van der Waals surface area (Å²) in [5.41, 5.74) is 2.32. The van der Waals surface area contributed by atoms with E-state index < -0.39 is 0 Å². The van der Waals surface area contributed by atoms with Crippen LogP contribution in [-0.2, 0) is 0 Å². The molecule has 0 radical (unpaired) electrons. The van der Waals surface area contributed by atoms with E-state index in [0.717, 1.165) is 38.5 Å². The Hall–Kier alpha value is -0.820. The van der Waals surface area contributed by atoms with Crippen molar-refractivity contribution in [2.24, 2.45) is 5.41 Å². The van der Waals surface area contributed by atoms with Crippen molar-refractivity contribution in [1.82, 2.24) is 0 Å². The fraction of sp³-hybridized carbons (Fsp3) is 0.625. The maximum absolute atomic E-state index is 9.59. The predicted molar refractivity (Wildman–Crippen MR) is 77.0 cm³/mol. The molecule has 0 bridgehead atoms.